The van der Waals surface area contributed by atoms with Crippen molar-refractivity contribution in [1.82, 2.24) is 4.98 Å². The van der Waals surface area contributed by atoms with E-state index >= 15 is 0 Å². The Kier molecular flexibility index (Phi) is 3.36. The number of nitrogens with two attached hydrogens (primary N) is 1. The summed E-state index contributed by atoms with van der Waals surface area (Å²) in [4.78, 5) is 4.21. The molecule has 0 saturated carbocycles. The maximum atomic E-state index is 6.06. The summed E-state index contributed by atoms with van der Waals surface area (Å²) >= 11 is 7.53. The van der Waals surface area contributed by atoms with Crippen molar-refractivity contribution in [2.75, 3.05) is 0 Å². The van der Waals surface area contributed by atoms with E-state index < -0.39 is 0 Å². The largest absolute Gasteiger partial charge is 0.324 e. The zero-order valence-corrected chi connectivity index (χ0v) is 9.63. The Bertz CT molecular complexity index is 428. The molecule has 0 bridgehead atoms. The van der Waals surface area contributed by atoms with Gasteiger partial charge in [0.1, 0.15) is 0 Å². The highest BCUT2D eigenvalue weighted by Gasteiger charge is 2.08. The average molecular weight is 239 g/mol. The first-order chi connectivity index (χ1) is 7.25. The SMILES string of the molecule is NC(Cc1nccs1)c1cccc(Cl)c1. The van der Waals surface area contributed by atoms with Gasteiger partial charge in [-0.3, -0.25) is 0 Å². The minimum absolute atomic E-state index is 0.0325. The monoisotopic (exact) mass is 238 g/mol. The standard InChI is InChI=1S/C11H11ClN2S/c12-9-3-1-2-8(6-9)10(13)7-11-14-4-5-15-11/h1-6,10H,7,13H2. The fourth-order valence-corrected chi connectivity index (χ4v) is 2.27. The molecule has 0 radical (unpaired) electrons. The van der Waals surface area contributed by atoms with Crippen LogP contribution in [0.2, 0.25) is 5.02 Å². The highest BCUT2D eigenvalue weighted by Crippen LogP contribution is 2.20. The maximum Gasteiger partial charge on any atom is 0.0943 e. The van der Waals surface area contributed by atoms with Crippen molar-refractivity contribution in [3.8, 4) is 0 Å². The molecule has 2 aromatic rings. The Morgan fingerprint density at radius 1 is 1.47 bits per heavy atom. The van der Waals surface area contributed by atoms with E-state index in [4.69, 9.17) is 17.3 Å². The van der Waals surface area contributed by atoms with Gasteiger partial charge in [0.2, 0.25) is 0 Å². The molecule has 1 aromatic carbocycles. The first kappa shape index (κ1) is 10.6. The van der Waals surface area contributed by atoms with E-state index in [9.17, 15) is 0 Å². The lowest BCUT2D eigenvalue weighted by atomic mass is 10.1. The quantitative estimate of drug-likeness (QED) is 0.893. The fourth-order valence-electron chi connectivity index (χ4n) is 1.40. The van der Waals surface area contributed by atoms with Crippen molar-refractivity contribution in [2.45, 2.75) is 12.5 Å². The summed E-state index contributed by atoms with van der Waals surface area (Å²) in [5.41, 5.74) is 7.12. The first-order valence-corrected chi connectivity index (χ1v) is 5.91. The second-order valence-electron chi connectivity index (χ2n) is 3.29. The van der Waals surface area contributed by atoms with E-state index in [-0.39, 0.29) is 6.04 Å². The van der Waals surface area contributed by atoms with Crippen molar-refractivity contribution < 1.29 is 0 Å². The number of nitrogens with zero attached hydrogens (tertiary/aromatic N) is 1. The van der Waals surface area contributed by atoms with Crippen molar-refractivity contribution >= 4 is 22.9 Å². The van der Waals surface area contributed by atoms with Crippen LogP contribution in [0.25, 0.3) is 0 Å². The van der Waals surface area contributed by atoms with E-state index in [1.54, 1.807) is 17.5 Å². The molecular formula is C11H11ClN2S. The summed E-state index contributed by atoms with van der Waals surface area (Å²) in [5.74, 6) is 0. The molecule has 2 N–H and O–H groups in total. The highest BCUT2D eigenvalue weighted by molar-refractivity contribution is 7.09. The molecule has 0 fully saturated rings. The van der Waals surface area contributed by atoms with Crippen molar-refractivity contribution in [3.63, 3.8) is 0 Å². The smallest absolute Gasteiger partial charge is 0.0943 e. The minimum Gasteiger partial charge on any atom is -0.324 e. The number of halogens is 1. The lowest BCUT2D eigenvalue weighted by Crippen LogP contribution is -2.13. The van der Waals surface area contributed by atoms with Crippen LogP contribution in [0.15, 0.2) is 35.8 Å². The molecule has 4 heteroatoms. The summed E-state index contributed by atoms with van der Waals surface area (Å²) in [6, 6.07) is 7.62. The van der Waals surface area contributed by atoms with Crippen LogP contribution in [-0.2, 0) is 6.42 Å². The van der Waals surface area contributed by atoms with Crippen LogP contribution >= 0.6 is 22.9 Å². The van der Waals surface area contributed by atoms with E-state index in [1.165, 1.54) is 0 Å². The van der Waals surface area contributed by atoms with Crippen LogP contribution in [0.3, 0.4) is 0 Å². The van der Waals surface area contributed by atoms with Gasteiger partial charge in [0, 0.05) is 29.1 Å². The Hall–Kier alpha value is -0.900. The van der Waals surface area contributed by atoms with E-state index in [2.05, 4.69) is 4.98 Å². The van der Waals surface area contributed by atoms with Gasteiger partial charge >= 0.3 is 0 Å². The number of rotatable bonds is 3. The van der Waals surface area contributed by atoms with E-state index in [0.717, 1.165) is 22.0 Å². The number of hydrogen-bond donors (Lipinski definition) is 1. The van der Waals surface area contributed by atoms with Crippen molar-refractivity contribution in [1.29, 1.82) is 0 Å². The molecular weight excluding hydrogens is 228 g/mol. The van der Waals surface area contributed by atoms with Gasteiger partial charge in [0.15, 0.2) is 0 Å². The molecule has 0 aliphatic rings. The summed E-state index contributed by atoms with van der Waals surface area (Å²) in [7, 11) is 0. The molecule has 1 heterocycles. The summed E-state index contributed by atoms with van der Waals surface area (Å²) < 4.78 is 0. The zero-order chi connectivity index (χ0) is 10.7. The maximum absolute atomic E-state index is 6.06. The molecule has 15 heavy (non-hydrogen) atoms. The predicted octanol–water partition coefficient (Wildman–Crippen LogP) is 3.04. The van der Waals surface area contributed by atoms with Gasteiger partial charge in [-0.1, -0.05) is 23.7 Å². The number of thiazole rings is 1. The van der Waals surface area contributed by atoms with E-state index in [0.29, 0.717) is 0 Å². The molecule has 1 aromatic heterocycles. The molecule has 0 amide bonds. The van der Waals surface area contributed by atoms with Crippen LogP contribution in [0.4, 0.5) is 0 Å². The van der Waals surface area contributed by atoms with Gasteiger partial charge in [-0.25, -0.2) is 4.98 Å². The topological polar surface area (TPSA) is 38.9 Å². The van der Waals surface area contributed by atoms with Gasteiger partial charge in [-0.2, -0.15) is 0 Å². The van der Waals surface area contributed by atoms with Crippen LogP contribution in [0, 0.1) is 0 Å². The minimum atomic E-state index is -0.0325. The normalized spacial score (nSPS) is 12.7. The van der Waals surface area contributed by atoms with Crippen LogP contribution in [0.1, 0.15) is 16.6 Å². The highest BCUT2D eigenvalue weighted by atomic mass is 35.5. The van der Waals surface area contributed by atoms with Gasteiger partial charge < -0.3 is 5.73 Å². The number of aromatic nitrogens is 1. The third-order valence-corrected chi connectivity index (χ3v) is 3.19. The molecule has 1 atom stereocenters. The summed E-state index contributed by atoms with van der Waals surface area (Å²) in [5, 5.41) is 3.74. The lowest BCUT2D eigenvalue weighted by Gasteiger charge is -2.10. The summed E-state index contributed by atoms with van der Waals surface area (Å²) in [6.45, 7) is 0. The lowest BCUT2D eigenvalue weighted by molar-refractivity contribution is 0.718. The third-order valence-electron chi connectivity index (χ3n) is 2.15. The van der Waals surface area contributed by atoms with Gasteiger partial charge in [-0.15, -0.1) is 11.3 Å². The van der Waals surface area contributed by atoms with Gasteiger partial charge in [0.05, 0.1) is 5.01 Å². The molecule has 0 aliphatic heterocycles. The second-order valence-corrected chi connectivity index (χ2v) is 4.71. The fraction of sp³-hybridized carbons (Fsp3) is 0.182. The number of benzene rings is 1. The Morgan fingerprint density at radius 3 is 3.00 bits per heavy atom. The molecule has 1 unspecified atom stereocenters. The molecule has 0 aliphatic carbocycles. The number of hydrogen-bond acceptors (Lipinski definition) is 3. The van der Waals surface area contributed by atoms with Crippen LogP contribution in [-0.4, -0.2) is 4.98 Å². The van der Waals surface area contributed by atoms with Crippen LogP contribution < -0.4 is 5.73 Å². The molecule has 78 valence electrons. The Labute approximate surface area is 97.7 Å². The Morgan fingerprint density at radius 2 is 2.33 bits per heavy atom. The van der Waals surface area contributed by atoms with Crippen LogP contribution in [0.5, 0.6) is 0 Å². The zero-order valence-electron chi connectivity index (χ0n) is 8.06. The van der Waals surface area contributed by atoms with Gasteiger partial charge in [0.25, 0.3) is 0 Å². The van der Waals surface area contributed by atoms with E-state index in [1.807, 2.05) is 29.6 Å². The molecule has 0 saturated heterocycles. The second kappa shape index (κ2) is 4.75. The van der Waals surface area contributed by atoms with Crippen molar-refractivity contribution in [2.24, 2.45) is 5.73 Å². The average Bonchev–Trinajstić information content (AvgIpc) is 2.70. The molecule has 2 nitrogen and oxygen atoms in total. The van der Waals surface area contributed by atoms with Gasteiger partial charge in [-0.05, 0) is 17.7 Å². The molecule has 2 rings (SSSR count). The third kappa shape index (κ3) is 2.78. The first-order valence-electron chi connectivity index (χ1n) is 4.65. The van der Waals surface area contributed by atoms with Crippen molar-refractivity contribution in [3.05, 3.63) is 51.4 Å². The molecule has 0 spiro atoms. The Balaban J connectivity index is 2.11. The predicted molar refractivity (Wildman–Crippen MR) is 64.2 cm³/mol. The summed E-state index contributed by atoms with van der Waals surface area (Å²) in [6.07, 6.45) is 2.56.